The van der Waals surface area contributed by atoms with Crippen molar-refractivity contribution in [1.82, 2.24) is 0 Å². The normalized spacial score (nSPS) is 21.4. The molecule has 0 aliphatic carbocycles. The molecule has 0 N–H and O–H groups in total. The van der Waals surface area contributed by atoms with Gasteiger partial charge in [-0.3, -0.25) is 9.98 Å². The molecule has 0 radical (unpaired) electrons. The zero-order chi connectivity index (χ0) is 9.97. The van der Waals surface area contributed by atoms with Gasteiger partial charge in [0.15, 0.2) is 0 Å². The number of hydrogen-bond donors (Lipinski definition) is 0. The van der Waals surface area contributed by atoms with Crippen molar-refractivity contribution < 1.29 is 0 Å². The Kier molecular flexibility index (Phi) is 2.44. The quantitative estimate of drug-likeness (QED) is 0.643. The molecule has 0 aromatic heterocycles. The third-order valence-corrected chi connectivity index (χ3v) is 2.32. The van der Waals surface area contributed by atoms with Gasteiger partial charge in [0.05, 0.1) is 24.0 Å². The lowest BCUT2D eigenvalue weighted by Gasteiger charge is -2.15. The number of aliphatic imine (C=N–C) groups is 2. The van der Waals surface area contributed by atoms with Gasteiger partial charge in [-0.1, -0.05) is 30.3 Å². The fraction of sp³-hybridized carbons (Fsp3) is 0.333. The molecule has 0 bridgehead atoms. The lowest BCUT2D eigenvalue weighted by molar-refractivity contribution is 0.748. The smallest absolute Gasteiger partial charge is 0.0855 e. The van der Waals surface area contributed by atoms with E-state index in [0.717, 1.165) is 18.0 Å². The molecule has 2 nitrogen and oxygen atoms in total. The third-order valence-electron chi connectivity index (χ3n) is 2.32. The highest BCUT2D eigenvalue weighted by Crippen LogP contribution is 2.09. The Morgan fingerprint density at radius 3 is 2.57 bits per heavy atom. The van der Waals surface area contributed by atoms with Crippen LogP contribution < -0.4 is 0 Å². The molecule has 0 saturated heterocycles. The van der Waals surface area contributed by atoms with Crippen LogP contribution in [-0.4, -0.2) is 24.0 Å². The summed E-state index contributed by atoms with van der Waals surface area (Å²) in [5.41, 5.74) is 3.26. The molecule has 72 valence electrons. The van der Waals surface area contributed by atoms with Crippen LogP contribution in [0.4, 0.5) is 0 Å². The fourth-order valence-electron chi connectivity index (χ4n) is 1.67. The fourth-order valence-corrected chi connectivity index (χ4v) is 1.67. The van der Waals surface area contributed by atoms with Gasteiger partial charge < -0.3 is 0 Å². The van der Waals surface area contributed by atoms with E-state index in [-0.39, 0.29) is 0 Å². The van der Waals surface area contributed by atoms with E-state index in [4.69, 9.17) is 0 Å². The summed E-state index contributed by atoms with van der Waals surface area (Å²) in [5, 5.41) is 0. The molecule has 0 spiro atoms. The van der Waals surface area contributed by atoms with Gasteiger partial charge in [-0.15, -0.1) is 0 Å². The maximum Gasteiger partial charge on any atom is 0.0855 e. The summed E-state index contributed by atoms with van der Waals surface area (Å²) in [6.45, 7) is 4.93. The molecule has 1 atom stereocenters. The summed E-state index contributed by atoms with van der Waals surface area (Å²) in [4.78, 5) is 9.07. The van der Waals surface area contributed by atoms with Crippen LogP contribution in [0.15, 0.2) is 40.3 Å². The van der Waals surface area contributed by atoms with Gasteiger partial charge in [-0.05, 0) is 13.8 Å². The van der Waals surface area contributed by atoms with Crippen LogP contribution in [0.5, 0.6) is 0 Å². The molecular formula is C12H14N2. The van der Waals surface area contributed by atoms with Gasteiger partial charge >= 0.3 is 0 Å². The molecule has 1 aliphatic heterocycles. The van der Waals surface area contributed by atoms with E-state index in [2.05, 4.69) is 29.0 Å². The third kappa shape index (κ3) is 1.74. The Bertz CT molecular complexity index is 377. The zero-order valence-corrected chi connectivity index (χ0v) is 8.57. The first-order valence-electron chi connectivity index (χ1n) is 4.92. The summed E-state index contributed by atoms with van der Waals surface area (Å²) in [5.74, 6) is 0. The minimum Gasteiger partial charge on any atom is -0.283 e. The molecule has 1 aliphatic rings. The van der Waals surface area contributed by atoms with Crippen LogP contribution in [0.25, 0.3) is 0 Å². The van der Waals surface area contributed by atoms with E-state index in [1.807, 2.05) is 25.1 Å². The summed E-state index contributed by atoms with van der Waals surface area (Å²) < 4.78 is 0. The van der Waals surface area contributed by atoms with Crippen molar-refractivity contribution in [3.05, 3.63) is 35.9 Å². The van der Waals surface area contributed by atoms with Crippen LogP contribution in [0.2, 0.25) is 0 Å². The predicted octanol–water partition coefficient (Wildman–Crippen LogP) is 2.34. The van der Waals surface area contributed by atoms with Gasteiger partial charge in [0.25, 0.3) is 0 Å². The number of benzene rings is 1. The van der Waals surface area contributed by atoms with Crippen molar-refractivity contribution in [2.75, 3.05) is 6.54 Å². The Labute approximate surface area is 84.4 Å². The largest absolute Gasteiger partial charge is 0.283 e. The number of rotatable bonds is 1. The topological polar surface area (TPSA) is 24.7 Å². The molecule has 1 heterocycles. The average Bonchev–Trinajstić information content (AvgIpc) is 2.19. The first-order valence-corrected chi connectivity index (χ1v) is 4.92. The van der Waals surface area contributed by atoms with Crippen molar-refractivity contribution in [2.45, 2.75) is 19.9 Å². The molecule has 1 unspecified atom stereocenters. The van der Waals surface area contributed by atoms with Crippen LogP contribution >= 0.6 is 0 Å². The van der Waals surface area contributed by atoms with Crippen LogP contribution in [0.1, 0.15) is 19.4 Å². The monoisotopic (exact) mass is 186 g/mol. The zero-order valence-electron chi connectivity index (χ0n) is 8.57. The maximum absolute atomic E-state index is 4.55. The van der Waals surface area contributed by atoms with Crippen LogP contribution in [0, 0.1) is 0 Å². The lowest BCUT2D eigenvalue weighted by Crippen LogP contribution is -2.22. The van der Waals surface area contributed by atoms with Crippen molar-refractivity contribution in [3.8, 4) is 0 Å². The second-order valence-electron chi connectivity index (χ2n) is 3.62. The summed E-state index contributed by atoms with van der Waals surface area (Å²) in [6, 6.07) is 10.6. The molecule has 1 aromatic rings. The minimum atomic E-state index is 0.336. The molecule has 2 rings (SSSR count). The molecule has 2 heteroatoms. The second kappa shape index (κ2) is 3.74. The van der Waals surface area contributed by atoms with E-state index < -0.39 is 0 Å². The minimum absolute atomic E-state index is 0.336. The van der Waals surface area contributed by atoms with E-state index >= 15 is 0 Å². The van der Waals surface area contributed by atoms with Gasteiger partial charge in [0.2, 0.25) is 0 Å². The highest BCUT2D eigenvalue weighted by atomic mass is 14.9. The van der Waals surface area contributed by atoms with Crippen LogP contribution in [-0.2, 0) is 0 Å². The van der Waals surface area contributed by atoms with Crippen molar-refractivity contribution in [1.29, 1.82) is 0 Å². The molecule has 0 amide bonds. The second-order valence-corrected chi connectivity index (χ2v) is 3.62. The van der Waals surface area contributed by atoms with E-state index in [1.165, 1.54) is 5.56 Å². The van der Waals surface area contributed by atoms with Gasteiger partial charge in [-0.2, -0.15) is 0 Å². The summed E-state index contributed by atoms with van der Waals surface area (Å²) >= 11 is 0. The average molecular weight is 186 g/mol. The van der Waals surface area contributed by atoms with Crippen molar-refractivity contribution in [2.24, 2.45) is 9.98 Å². The van der Waals surface area contributed by atoms with Gasteiger partial charge in [0, 0.05) is 5.56 Å². The molecule has 0 saturated carbocycles. The van der Waals surface area contributed by atoms with Crippen LogP contribution in [0.3, 0.4) is 0 Å². The number of nitrogens with zero attached hydrogens (tertiary/aromatic N) is 2. The summed E-state index contributed by atoms with van der Waals surface area (Å²) in [6.07, 6.45) is 0. The maximum atomic E-state index is 4.55. The highest BCUT2D eigenvalue weighted by molar-refractivity contribution is 6.47. The molecule has 14 heavy (non-hydrogen) atoms. The van der Waals surface area contributed by atoms with Crippen molar-refractivity contribution >= 4 is 11.4 Å². The van der Waals surface area contributed by atoms with Gasteiger partial charge in [-0.25, -0.2) is 0 Å². The molecule has 0 fully saturated rings. The predicted molar refractivity (Wildman–Crippen MR) is 60.4 cm³/mol. The van der Waals surface area contributed by atoms with Gasteiger partial charge in [0.1, 0.15) is 0 Å². The standard InChI is InChI=1S/C12H14N2/c1-9-8-13-12(10(2)14-9)11-6-4-3-5-7-11/h3-7,9H,8H2,1-2H3. The Balaban J connectivity index is 2.34. The van der Waals surface area contributed by atoms with Crippen molar-refractivity contribution in [3.63, 3.8) is 0 Å². The Hall–Kier alpha value is -1.44. The first kappa shape index (κ1) is 9.13. The molecule has 1 aromatic carbocycles. The molecular weight excluding hydrogens is 172 g/mol. The summed E-state index contributed by atoms with van der Waals surface area (Å²) in [7, 11) is 0. The van der Waals surface area contributed by atoms with E-state index in [0.29, 0.717) is 6.04 Å². The number of hydrogen-bond acceptors (Lipinski definition) is 2. The van der Waals surface area contributed by atoms with E-state index in [1.54, 1.807) is 0 Å². The van der Waals surface area contributed by atoms with E-state index in [9.17, 15) is 0 Å². The first-order chi connectivity index (χ1) is 6.77. The Morgan fingerprint density at radius 2 is 1.93 bits per heavy atom. The Morgan fingerprint density at radius 1 is 1.21 bits per heavy atom. The highest BCUT2D eigenvalue weighted by Gasteiger charge is 2.13. The lowest BCUT2D eigenvalue weighted by atomic mass is 10.1. The SMILES string of the molecule is CC1=NC(C)CN=C1c1ccccc1.